The predicted molar refractivity (Wildman–Crippen MR) is 99.3 cm³/mol. The average molecular weight is 439 g/mol. The zero-order valence-corrected chi connectivity index (χ0v) is 15.6. The quantitative estimate of drug-likeness (QED) is 0.626. The number of nitrogens with zero attached hydrogens (tertiary/aromatic N) is 1. The molecule has 0 bridgehead atoms. The first-order chi connectivity index (χ1) is 10.9. The second-order valence-electron chi connectivity index (χ2n) is 5.31. The van der Waals surface area contributed by atoms with E-state index in [-0.39, 0.29) is 5.76 Å². The fourth-order valence-corrected chi connectivity index (χ4v) is 3.70. The van der Waals surface area contributed by atoms with Crippen LogP contribution in [0.15, 0.2) is 54.6 Å². The fourth-order valence-electron chi connectivity index (χ4n) is 2.34. The molecule has 0 amide bonds. The molecule has 0 unspecified atom stereocenters. The highest BCUT2D eigenvalue weighted by Crippen LogP contribution is 2.34. The number of hydrogen-bond acceptors (Lipinski definition) is 4. The maximum Gasteiger partial charge on any atom is 0.236 e. The molecule has 0 aliphatic heterocycles. The van der Waals surface area contributed by atoms with E-state index in [2.05, 4.69) is 31.9 Å². The highest BCUT2D eigenvalue weighted by molar-refractivity contribution is 9.11. The zero-order valence-electron chi connectivity index (χ0n) is 12.4. The Bertz CT molecular complexity index is 947. The van der Waals surface area contributed by atoms with Crippen LogP contribution >= 0.6 is 31.9 Å². The minimum absolute atomic E-state index is 0.165. The molecule has 4 nitrogen and oxygen atoms in total. The maximum absolute atomic E-state index is 12.5. The standard InChI is InChI=1S/C17H13Br2NO3/c1-20(2)11-5-3-9(4-6-11)17-16(22)15(21)14-12(19)7-10(18)8-13(14)23-17/h3-8,22H,1-2H3. The van der Waals surface area contributed by atoms with Crippen LogP contribution in [0.5, 0.6) is 5.75 Å². The van der Waals surface area contributed by atoms with Crippen LogP contribution in [0.3, 0.4) is 0 Å². The molecule has 0 aliphatic carbocycles. The van der Waals surface area contributed by atoms with Gasteiger partial charge in [-0.2, -0.15) is 0 Å². The zero-order chi connectivity index (χ0) is 16.7. The lowest BCUT2D eigenvalue weighted by molar-refractivity contribution is 0.449. The van der Waals surface area contributed by atoms with Crippen molar-refractivity contribution in [3.63, 3.8) is 0 Å². The first-order valence-electron chi connectivity index (χ1n) is 6.81. The van der Waals surface area contributed by atoms with Crippen molar-refractivity contribution in [3.8, 4) is 17.1 Å². The van der Waals surface area contributed by atoms with Crippen molar-refractivity contribution in [2.45, 2.75) is 0 Å². The van der Waals surface area contributed by atoms with Gasteiger partial charge in [0.2, 0.25) is 11.2 Å². The molecule has 0 spiro atoms. The third-order valence-electron chi connectivity index (χ3n) is 3.53. The molecule has 2 aromatic carbocycles. The summed E-state index contributed by atoms with van der Waals surface area (Å²) in [5.74, 6) is -0.226. The van der Waals surface area contributed by atoms with E-state index in [1.807, 2.05) is 43.3 Å². The molecule has 0 fully saturated rings. The monoisotopic (exact) mass is 437 g/mol. The van der Waals surface area contributed by atoms with E-state index in [9.17, 15) is 9.90 Å². The Morgan fingerprint density at radius 1 is 1.09 bits per heavy atom. The van der Waals surface area contributed by atoms with Crippen LogP contribution in [-0.4, -0.2) is 19.2 Å². The topological polar surface area (TPSA) is 53.7 Å². The Balaban J connectivity index is 2.26. The summed E-state index contributed by atoms with van der Waals surface area (Å²) in [4.78, 5) is 14.4. The molecule has 0 saturated carbocycles. The van der Waals surface area contributed by atoms with Crippen molar-refractivity contribution in [1.29, 1.82) is 0 Å². The Labute approximate surface area is 149 Å². The van der Waals surface area contributed by atoms with E-state index in [4.69, 9.17) is 4.42 Å². The van der Waals surface area contributed by atoms with Crippen LogP contribution in [-0.2, 0) is 0 Å². The Hall–Kier alpha value is -1.79. The average Bonchev–Trinajstić information content (AvgIpc) is 2.50. The van der Waals surface area contributed by atoms with Crippen LogP contribution in [0.1, 0.15) is 0 Å². The van der Waals surface area contributed by atoms with Gasteiger partial charge in [0.25, 0.3) is 0 Å². The number of benzene rings is 2. The minimum atomic E-state index is -0.461. The summed E-state index contributed by atoms with van der Waals surface area (Å²) in [5.41, 5.74) is 1.60. The van der Waals surface area contributed by atoms with Gasteiger partial charge < -0.3 is 14.4 Å². The van der Waals surface area contributed by atoms with Gasteiger partial charge in [0.1, 0.15) is 5.58 Å². The van der Waals surface area contributed by atoms with Gasteiger partial charge in [-0.3, -0.25) is 4.79 Å². The van der Waals surface area contributed by atoms with Crippen LogP contribution in [0.25, 0.3) is 22.3 Å². The number of fused-ring (bicyclic) bond motifs is 1. The number of aromatic hydroxyl groups is 1. The number of anilines is 1. The van der Waals surface area contributed by atoms with E-state index >= 15 is 0 Å². The summed E-state index contributed by atoms with van der Waals surface area (Å²) in [6.45, 7) is 0. The van der Waals surface area contributed by atoms with Gasteiger partial charge in [0.05, 0.1) is 5.39 Å². The lowest BCUT2D eigenvalue weighted by Crippen LogP contribution is -2.08. The third kappa shape index (κ3) is 2.88. The number of hydrogen-bond donors (Lipinski definition) is 1. The Kier molecular flexibility index (Phi) is 4.21. The summed E-state index contributed by atoms with van der Waals surface area (Å²) in [7, 11) is 3.88. The summed E-state index contributed by atoms with van der Waals surface area (Å²) in [6.07, 6.45) is 0. The van der Waals surface area contributed by atoms with Crippen LogP contribution in [0, 0.1) is 0 Å². The normalized spacial score (nSPS) is 11.0. The Morgan fingerprint density at radius 2 is 1.74 bits per heavy atom. The predicted octanol–water partition coefficient (Wildman–Crippen LogP) is 4.76. The van der Waals surface area contributed by atoms with Crippen molar-refractivity contribution < 1.29 is 9.52 Å². The van der Waals surface area contributed by atoms with E-state index in [0.29, 0.717) is 21.0 Å². The molecule has 3 rings (SSSR count). The second-order valence-corrected chi connectivity index (χ2v) is 7.08. The van der Waals surface area contributed by atoms with Crippen molar-refractivity contribution in [2.75, 3.05) is 19.0 Å². The van der Waals surface area contributed by atoms with E-state index in [1.54, 1.807) is 12.1 Å². The van der Waals surface area contributed by atoms with E-state index in [1.165, 1.54) is 0 Å². The Morgan fingerprint density at radius 3 is 2.35 bits per heavy atom. The van der Waals surface area contributed by atoms with Crippen molar-refractivity contribution >= 4 is 48.5 Å². The molecule has 0 radical (unpaired) electrons. The molecule has 1 N–H and O–H groups in total. The molecule has 0 saturated heterocycles. The highest BCUT2D eigenvalue weighted by Gasteiger charge is 2.17. The van der Waals surface area contributed by atoms with Crippen molar-refractivity contribution in [3.05, 3.63) is 55.6 Å². The summed E-state index contributed by atoms with van der Waals surface area (Å²) >= 11 is 6.70. The van der Waals surface area contributed by atoms with Crippen molar-refractivity contribution in [1.82, 2.24) is 0 Å². The first kappa shape index (κ1) is 16.1. The molecule has 0 aliphatic rings. The molecule has 0 atom stereocenters. The molecule has 1 aromatic heterocycles. The second kappa shape index (κ2) is 6.02. The molecule has 118 valence electrons. The van der Waals surface area contributed by atoms with Gasteiger partial charge >= 0.3 is 0 Å². The summed E-state index contributed by atoms with van der Waals surface area (Å²) in [6, 6.07) is 10.9. The van der Waals surface area contributed by atoms with E-state index in [0.717, 1.165) is 10.2 Å². The molecular weight excluding hydrogens is 426 g/mol. The van der Waals surface area contributed by atoms with Gasteiger partial charge in [-0.15, -0.1) is 0 Å². The third-order valence-corrected chi connectivity index (χ3v) is 4.62. The molecule has 6 heteroatoms. The van der Waals surface area contributed by atoms with Gasteiger partial charge in [0, 0.05) is 34.3 Å². The first-order valence-corrected chi connectivity index (χ1v) is 8.39. The van der Waals surface area contributed by atoms with E-state index < -0.39 is 11.2 Å². The van der Waals surface area contributed by atoms with Crippen LogP contribution in [0.4, 0.5) is 5.69 Å². The van der Waals surface area contributed by atoms with Gasteiger partial charge in [0.15, 0.2) is 5.76 Å². The van der Waals surface area contributed by atoms with Gasteiger partial charge in [-0.1, -0.05) is 15.9 Å². The summed E-state index contributed by atoms with van der Waals surface area (Å²) < 4.78 is 7.15. The lowest BCUT2D eigenvalue weighted by Gasteiger charge is -2.13. The number of rotatable bonds is 2. The minimum Gasteiger partial charge on any atom is -0.502 e. The maximum atomic E-state index is 12.5. The van der Waals surface area contributed by atoms with Crippen LogP contribution < -0.4 is 10.3 Å². The lowest BCUT2D eigenvalue weighted by atomic mass is 10.1. The fraction of sp³-hybridized carbons (Fsp3) is 0.118. The molecule has 1 heterocycles. The van der Waals surface area contributed by atoms with Crippen molar-refractivity contribution in [2.24, 2.45) is 0 Å². The van der Waals surface area contributed by atoms with Gasteiger partial charge in [-0.25, -0.2) is 0 Å². The summed E-state index contributed by atoms with van der Waals surface area (Å²) in [5, 5.41) is 10.6. The molecular formula is C17H13Br2NO3. The molecule has 3 aromatic rings. The number of halogens is 2. The highest BCUT2D eigenvalue weighted by atomic mass is 79.9. The SMILES string of the molecule is CN(C)c1ccc(-c2oc3cc(Br)cc(Br)c3c(=O)c2O)cc1. The van der Waals surface area contributed by atoms with Crippen LogP contribution in [0.2, 0.25) is 0 Å². The molecule has 23 heavy (non-hydrogen) atoms. The smallest absolute Gasteiger partial charge is 0.236 e. The largest absolute Gasteiger partial charge is 0.502 e. The van der Waals surface area contributed by atoms with Gasteiger partial charge in [-0.05, 0) is 52.3 Å².